The molecule has 0 saturated carbocycles. The maximum absolute atomic E-state index is 13.0. The summed E-state index contributed by atoms with van der Waals surface area (Å²) in [5.74, 6) is -0.148. The number of hydrogen-bond acceptors (Lipinski definition) is 5. The van der Waals surface area contributed by atoms with Crippen molar-refractivity contribution in [2.45, 2.75) is 6.61 Å². The molecule has 0 saturated heterocycles. The molecule has 1 heterocycles. The number of carbonyl (C=O) groups excluding carboxylic acids is 3. The lowest BCUT2D eigenvalue weighted by atomic mass is 10.00. The summed E-state index contributed by atoms with van der Waals surface area (Å²) in [4.78, 5) is 38.5. The largest absolute Gasteiger partial charge is 0.380 e. The third kappa shape index (κ3) is 6.46. The molecule has 0 unspecified atom stereocenters. The Kier molecular flexibility index (Phi) is 8.13. The van der Waals surface area contributed by atoms with E-state index in [4.69, 9.17) is 4.74 Å². The third-order valence-electron chi connectivity index (χ3n) is 6.51. The predicted octanol–water partition coefficient (Wildman–Crippen LogP) is 5.97. The predicted molar refractivity (Wildman–Crippen MR) is 158 cm³/mol. The van der Waals surface area contributed by atoms with Crippen LogP contribution >= 0.6 is 0 Å². The average Bonchev–Trinajstić information content (AvgIpc) is 3.37. The van der Waals surface area contributed by atoms with E-state index in [0.717, 1.165) is 11.1 Å². The number of anilines is 2. The van der Waals surface area contributed by atoms with Crippen molar-refractivity contribution in [3.63, 3.8) is 0 Å². The maximum atomic E-state index is 13.0. The van der Waals surface area contributed by atoms with Crippen molar-refractivity contribution in [2.75, 3.05) is 17.7 Å². The highest BCUT2D eigenvalue weighted by molar-refractivity contribution is 6.11. The molecule has 204 valence electrons. The van der Waals surface area contributed by atoms with E-state index >= 15 is 0 Å². The van der Waals surface area contributed by atoms with E-state index in [-0.39, 0.29) is 17.6 Å². The van der Waals surface area contributed by atoms with E-state index < -0.39 is 0 Å². The minimum absolute atomic E-state index is 0.164. The zero-order valence-electron chi connectivity index (χ0n) is 22.6. The molecule has 0 bridgehead atoms. The lowest BCUT2D eigenvalue weighted by Crippen LogP contribution is -2.14. The van der Waals surface area contributed by atoms with Gasteiger partial charge in [-0.15, -0.1) is 0 Å². The number of aromatic nitrogens is 2. The number of benzene rings is 4. The van der Waals surface area contributed by atoms with Gasteiger partial charge in [0.05, 0.1) is 12.3 Å². The lowest BCUT2D eigenvalue weighted by molar-refractivity contribution is 0.101. The van der Waals surface area contributed by atoms with E-state index in [1.165, 1.54) is 0 Å². The van der Waals surface area contributed by atoms with E-state index in [1.807, 2.05) is 42.5 Å². The molecular weight excluding hydrogens is 516 g/mol. The summed E-state index contributed by atoms with van der Waals surface area (Å²) in [6.45, 7) is 0.473. The van der Waals surface area contributed by atoms with Gasteiger partial charge >= 0.3 is 0 Å². The second-order valence-corrected chi connectivity index (χ2v) is 9.43. The van der Waals surface area contributed by atoms with Crippen molar-refractivity contribution in [2.24, 2.45) is 7.05 Å². The van der Waals surface area contributed by atoms with Gasteiger partial charge in [-0.2, -0.15) is 5.10 Å². The van der Waals surface area contributed by atoms with Crippen LogP contribution in [0.5, 0.6) is 0 Å². The highest BCUT2D eigenvalue weighted by Gasteiger charge is 2.14. The Morgan fingerprint density at radius 2 is 1.37 bits per heavy atom. The van der Waals surface area contributed by atoms with Gasteiger partial charge < -0.3 is 15.4 Å². The Labute approximate surface area is 237 Å². The highest BCUT2D eigenvalue weighted by atomic mass is 16.5. The van der Waals surface area contributed by atoms with Gasteiger partial charge in [0.2, 0.25) is 0 Å². The van der Waals surface area contributed by atoms with Gasteiger partial charge in [-0.1, -0.05) is 66.7 Å². The normalized spacial score (nSPS) is 10.7. The second-order valence-electron chi connectivity index (χ2n) is 9.43. The molecule has 0 aliphatic carbocycles. The first-order valence-electron chi connectivity index (χ1n) is 13.0. The van der Waals surface area contributed by atoms with Gasteiger partial charge in [-0.25, -0.2) is 0 Å². The fraction of sp³-hybridized carbons (Fsp3) is 0.0909. The van der Waals surface area contributed by atoms with Crippen LogP contribution in [0.3, 0.4) is 0 Å². The van der Waals surface area contributed by atoms with Crippen LogP contribution in [0, 0.1) is 0 Å². The topological polar surface area (TPSA) is 102 Å². The number of rotatable bonds is 9. The Balaban J connectivity index is 1.24. The van der Waals surface area contributed by atoms with Crippen LogP contribution in [0.4, 0.5) is 11.5 Å². The number of methoxy groups -OCH3 is 1. The van der Waals surface area contributed by atoms with Crippen LogP contribution in [0.25, 0.3) is 11.3 Å². The molecule has 2 amide bonds. The fourth-order valence-corrected chi connectivity index (χ4v) is 4.32. The fourth-order valence-electron chi connectivity index (χ4n) is 4.32. The molecule has 0 spiro atoms. The Hall–Kier alpha value is -5.34. The molecule has 0 fully saturated rings. The van der Waals surface area contributed by atoms with Crippen LogP contribution in [-0.4, -0.2) is 34.5 Å². The summed E-state index contributed by atoms with van der Waals surface area (Å²) < 4.78 is 6.72. The van der Waals surface area contributed by atoms with E-state index in [1.54, 1.807) is 85.6 Å². The first-order chi connectivity index (χ1) is 19.9. The van der Waals surface area contributed by atoms with Crippen LogP contribution < -0.4 is 10.6 Å². The molecule has 41 heavy (non-hydrogen) atoms. The van der Waals surface area contributed by atoms with E-state index in [0.29, 0.717) is 46.1 Å². The Morgan fingerprint density at radius 3 is 2.07 bits per heavy atom. The molecule has 5 rings (SSSR count). The number of carbonyl (C=O) groups is 3. The second kappa shape index (κ2) is 12.2. The van der Waals surface area contributed by atoms with Crippen LogP contribution in [0.15, 0.2) is 109 Å². The van der Waals surface area contributed by atoms with Gasteiger partial charge in [-0.3, -0.25) is 19.1 Å². The molecule has 0 aliphatic heterocycles. The number of aryl methyl sites for hydroxylation is 1. The van der Waals surface area contributed by atoms with Gasteiger partial charge in [0.25, 0.3) is 11.8 Å². The van der Waals surface area contributed by atoms with Crippen molar-refractivity contribution in [3.05, 3.63) is 137 Å². The number of hydrogen-bond donors (Lipinski definition) is 2. The Bertz CT molecular complexity index is 1690. The quantitative estimate of drug-likeness (QED) is 0.223. The molecule has 0 aliphatic rings. The first-order valence-corrected chi connectivity index (χ1v) is 13.0. The SMILES string of the molecule is COCc1ccc(C(=O)c2cccc(C(=O)Nc3ccc(-c4cc(NC(=O)c5ccccc5)n(C)n4)cc3)c2)cc1. The number of nitrogens with one attached hydrogen (secondary N) is 2. The number of amides is 2. The molecule has 0 atom stereocenters. The number of nitrogens with zero attached hydrogens (tertiary/aromatic N) is 2. The molecule has 4 aromatic carbocycles. The monoisotopic (exact) mass is 544 g/mol. The van der Waals surface area contributed by atoms with Crippen LogP contribution in [0.2, 0.25) is 0 Å². The molecule has 8 heteroatoms. The van der Waals surface area contributed by atoms with Crippen LogP contribution in [0.1, 0.15) is 42.2 Å². The minimum atomic E-state index is -0.327. The highest BCUT2D eigenvalue weighted by Crippen LogP contribution is 2.24. The maximum Gasteiger partial charge on any atom is 0.256 e. The summed E-state index contributed by atoms with van der Waals surface area (Å²) in [7, 11) is 3.38. The van der Waals surface area contributed by atoms with Crippen molar-refractivity contribution in [1.82, 2.24) is 9.78 Å². The van der Waals surface area contributed by atoms with Crippen LogP contribution in [-0.2, 0) is 18.4 Å². The van der Waals surface area contributed by atoms with Gasteiger partial charge in [0, 0.05) is 53.7 Å². The van der Waals surface area contributed by atoms with Crippen molar-refractivity contribution in [3.8, 4) is 11.3 Å². The third-order valence-corrected chi connectivity index (χ3v) is 6.51. The van der Waals surface area contributed by atoms with E-state index in [2.05, 4.69) is 15.7 Å². The van der Waals surface area contributed by atoms with Crippen molar-refractivity contribution >= 4 is 29.1 Å². The molecular formula is C33H28N4O4. The zero-order valence-corrected chi connectivity index (χ0v) is 22.6. The molecule has 1 aromatic heterocycles. The number of ether oxygens (including phenoxy) is 1. The smallest absolute Gasteiger partial charge is 0.256 e. The minimum Gasteiger partial charge on any atom is -0.380 e. The standard InChI is InChI=1S/C33H28N4O4/c1-37-30(35-32(39)25-7-4-3-5-8-25)20-29(36-37)23-15-17-28(18-16-23)34-33(40)27-10-6-9-26(19-27)31(38)24-13-11-22(12-14-24)21-41-2/h3-20H,21H2,1-2H3,(H,34,40)(H,35,39). The number of ketones is 1. The molecule has 5 aromatic rings. The molecule has 8 nitrogen and oxygen atoms in total. The van der Waals surface area contributed by atoms with Crippen molar-refractivity contribution < 1.29 is 19.1 Å². The van der Waals surface area contributed by atoms with Gasteiger partial charge in [0.15, 0.2) is 5.78 Å². The lowest BCUT2D eigenvalue weighted by Gasteiger charge is -2.08. The average molecular weight is 545 g/mol. The summed E-state index contributed by atoms with van der Waals surface area (Å²) >= 11 is 0. The first kappa shape index (κ1) is 27.2. The summed E-state index contributed by atoms with van der Waals surface area (Å²) in [6, 6.07) is 31.9. The summed E-state index contributed by atoms with van der Waals surface area (Å²) in [6.07, 6.45) is 0. The Morgan fingerprint density at radius 1 is 0.707 bits per heavy atom. The van der Waals surface area contributed by atoms with Gasteiger partial charge in [-0.05, 0) is 42.0 Å². The van der Waals surface area contributed by atoms with E-state index in [9.17, 15) is 14.4 Å². The van der Waals surface area contributed by atoms with Crippen molar-refractivity contribution in [1.29, 1.82) is 0 Å². The summed E-state index contributed by atoms with van der Waals surface area (Å²) in [5.41, 5.74) is 4.96. The van der Waals surface area contributed by atoms with Gasteiger partial charge in [0.1, 0.15) is 5.82 Å². The molecule has 2 N–H and O–H groups in total. The zero-order chi connectivity index (χ0) is 28.8. The summed E-state index contributed by atoms with van der Waals surface area (Å²) in [5, 5.41) is 10.3. The molecule has 0 radical (unpaired) electrons.